The number of hydrogen-bond donors (Lipinski definition) is 0. The van der Waals surface area contributed by atoms with Crippen LogP contribution in [0.5, 0.6) is 0 Å². The molecule has 0 aliphatic carbocycles. The third-order valence-electron chi connectivity index (χ3n) is 2.86. The van der Waals surface area contributed by atoms with E-state index in [-0.39, 0.29) is 23.5 Å². The number of imidazole rings is 1. The first kappa shape index (κ1) is 16.0. The van der Waals surface area contributed by atoms with E-state index in [1.165, 1.54) is 12.3 Å². The van der Waals surface area contributed by atoms with Crippen LogP contribution in [0.3, 0.4) is 0 Å². The molecule has 1 heterocycles. The molecule has 0 radical (unpaired) electrons. The Balaban J connectivity index is 2.59. The van der Waals surface area contributed by atoms with Gasteiger partial charge in [-0.05, 0) is 35.6 Å². The van der Waals surface area contributed by atoms with E-state index in [4.69, 9.17) is 11.6 Å². The van der Waals surface area contributed by atoms with Crippen LogP contribution in [-0.4, -0.2) is 30.0 Å². The molecule has 1 unspecified atom stereocenters. The van der Waals surface area contributed by atoms with Gasteiger partial charge < -0.3 is 4.57 Å². The van der Waals surface area contributed by atoms with Gasteiger partial charge in [-0.3, -0.25) is 0 Å². The summed E-state index contributed by atoms with van der Waals surface area (Å²) in [5, 5.41) is -0.386. The summed E-state index contributed by atoms with van der Waals surface area (Å²) in [5.74, 6) is 0.155. The van der Waals surface area contributed by atoms with Gasteiger partial charge in [0.2, 0.25) is 0 Å². The van der Waals surface area contributed by atoms with E-state index in [1.807, 2.05) is 22.6 Å². The largest absolute Gasteiger partial charge is 0.326 e. The summed E-state index contributed by atoms with van der Waals surface area (Å²) in [4.78, 5) is 4.38. The molecule has 0 aliphatic heterocycles. The zero-order valence-electron chi connectivity index (χ0n) is 10.9. The van der Waals surface area contributed by atoms with Crippen LogP contribution < -0.4 is 0 Å². The quantitative estimate of drug-likeness (QED) is 0.553. The van der Waals surface area contributed by atoms with Gasteiger partial charge in [0.1, 0.15) is 21.5 Å². The summed E-state index contributed by atoms with van der Waals surface area (Å²) < 4.78 is 38.5. The first-order valence-electron chi connectivity index (χ1n) is 5.86. The van der Waals surface area contributed by atoms with Gasteiger partial charge in [-0.25, -0.2) is 17.8 Å². The molecule has 4 nitrogen and oxygen atoms in total. The van der Waals surface area contributed by atoms with Crippen LogP contribution in [0.25, 0.3) is 11.0 Å². The number of benzene rings is 1. The summed E-state index contributed by atoms with van der Waals surface area (Å²) >= 11 is 7.97. The molecule has 0 saturated heterocycles. The van der Waals surface area contributed by atoms with Crippen LogP contribution >= 0.6 is 34.2 Å². The first-order chi connectivity index (χ1) is 9.19. The number of fused-ring (bicyclic) bond motifs is 1. The summed E-state index contributed by atoms with van der Waals surface area (Å²) in [5.41, 5.74) is 1.18. The second-order valence-electron chi connectivity index (χ2n) is 4.62. The van der Waals surface area contributed by atoms with Gasteiger partial charge in [0.15, 0.2) is 0 Å². The summed E-state index contributed by atoms with van der Waals surface area (Å²) in [6, 6.07) is 3.00. The number of aryl methyl sites for hydroxylation is 1. The van der Waals surface area contributed by atoms with Gasteiger partial charge >= 0.3 is 0 Å². The molecule has 0 saturated carbocycles. The minimum Gasteiger partial charge on any atom is -0.326 e. The van der Waals surface area contributed by atoms with E-state index in [0.717, 1.165) is 0 Å². The molecule has 0 aliphatic rings. The standard InChI is InChI=1S/C12H13ClFIN2O2S/c1-7(13)12-16-10-6-9(15)8(14)5-11(10)17(12)3-4-20(2,18)19/h5-7H,3-4H2,1-2H3. The minimum atomic E-state index is -3.12. The summed E-state index contributed by atoms with van der Waals surface area (Å²) in [6.45, 7) is 1.96. The Hall–Kier alpha value is -0.410. The molecule has 20 heavy (non-hydrogen) atoms. The minimum absolute atomic E-state index is 0.0390. The predicted molar refractivity (Wildman–Crippen MR) is 86.4 cm³/mol. The first-order valence-corrected chi connectivity index (χ1v) is 9.43. The SMILES string of the molecule is CC(Cl)c1nc2cc(I)c(F)cc2n1CCS(C)(=O)=O. The van der Waals surface area contributed by atoms with Crippen molar-refractivity contribution in [3.05, 3.63) is 27.3 Å². The van der Waals surface area contributed by atoms with Crippen molar-refractivity contribution in [2.45, 2.75) is 18.8 Å². The molecule has 0 spiro atoms. The van der Waals surface area contributed by atoms with E-state index in [2.05, 4.69) is 4.98 Å². The van der Waals surface area contributed by atoms with Crippen molar-refractivity contribution >= 4 is 55.1 Å². The zero-order valence-corrected chi connectivity index (χ0v) is 14.6. The Kier molecular flexibility index (Phi) is 4.60. The van der Waals surface area contributed by atoms with Crippen LogP contribution in [0.4, 0.5) is 4.39 Å². The van der Waals surface area contributed by atoms with Crippen LogP contribution in [0.2, 0.25) is 0 Å². The van der Waals surface area contributed by atoms with Gasteiger partial charge in [-0.15, -0.1) is 11.6 Å². The van der Waals surface area contributed by atoms with Crippen molar-refractivity contribution < 1.29 is 12.8 Å². The number of rotatable bonds is 4. The van der Waals surface area contributed by atoms with Crippen LogP contribution in [0, 0.1) is 9.39 Å². The number of nitrogens with zero attached hydrogens (tertiary/aromatic N) is 2. The molecule has 2 aromatic rings. The Bertz CT molecular complexity index is 758. The van der Waals surface area contributed by atoms with Crippen molar-refractivity contribution in [2.75, 3.05) is 12.0 Å². The van der Waals surface area contributed by atoms with E-state index < -0.39 is 9.84 Å². The third kappa shape index (κ3) is 3.43. The predicted octanol–water partition coefficient (Wildman–Crippen LogP) is 3.12. The Morgan fingerprint density at radius 1 is 1.50 bits per heavy atom. The third-order valence-corrected chi connectivity index (χ3v) is 4.81. The van der Waals surface area contributed by atoms with Crippen LogP contribution in [-0.2, 0) is 16.4 Å². The van der Waals surface area contributed by atoms with Crippen LogP contribution in [0.15, 0.2) is 12.1 Å². The lowest BCUT2D eigenvalue weighted by atomic mass is 10.3. The Morgan fingerprint density at radius 3 is 2.70 bits per heavy atom. The fraction of sp³-hybridized carbons (Fsp3) is 0.417. The lowest BCUT2D eigenvalue weighted by molar-refractivity contribution is 0.593. The summed E-state index contributed by atoms with van der Waals surface area (Å²) in [6.07, 6.45) is 1.17. The van der Waals surface area contributed by atoms with E-state index in [0.29, 0.717) is 20.4 Å². The van der Waals surface area contributed by atoms with Crippen molar-refractivity contribution in [3.63, 3.8) is 0 Å². The van der Waals surface area contributed by atoms with Gasteiger partial charge in [0, 0.05) is 18.9 Å². The lowest BCUT2D eigenvalue weighted by Gasteiger charge is -2.09. The van der Waals surface area contributed by atoms with Crippen molar-refractivity contribution in [1.29, 1.82) is 0 Å². The fourth-order valence-electron chi connectivity index (χ4n) is 1.93. The second-order valence-corrected chi connectivity index (χ2v) is 8.70. The highest BCUT2D eigenvalue weighted by Gasteiger charge is 2.17. The number of alkyl halides is 1. The molecule has 0 amide bonds. The number of hydrogen-bond acceptors (Lipinski definition) is 3. The zero-order chi connectivity index (χ0) is 15.1. The number of sulfone groups is 1. The molecule has 8 heteroatoms. The fourth-order valence-corrected chi connectivity index (χ4v) is 3.07. The maximum absolute atomic E-state index is 13.7. The molecule has 0 fully saturated rings. The van der Waals surface area contributed by atoms with Gasteiger partial charge in [0.05, 0.1) is 25.7 Å². The van der Waals surface area contributed by atoms with Crippen molar-refractivity contribution in [1.82, 2.24) is 9.55 Å². The smallest absolute Gasteiger partial charge is 0.149 e. The number of aromatic nitrogens is 2. The van der Waals surface area contributed by atoms with E-state index >= 15 is 0 Å². The highest BCUT2D eigenvalue weighted by atomic mass is 127. The summed E-state index contributed by atoms with van der Waals surface area (Å²) in [7, 11) is -3.12. The van der Waals surface area contributed by atoms with Gasteiger partial charge in [0.25, 0.3) is 0 Å². The Morgan fingerprint density at radius 2 is 2.15 bits per heavy atom. The number of halogens is 3. The monoisotopic (exact) mass is 430 g/mol. The average molecular weight is 431 g/mol. The highest BCUT2D eigenvalue weighted by Crippen LogP contribution is 2.27. The molecular weight excluding hydrogens is 418 g/mol. The van der Waals surface area contributed by atoms with E-state index in [9.17, 15) is 12.8 Å². The van der Waals surface area contributed by atoms with Gasteiger partial charge in [-0.2, -0.15) is 0 Å². The molecule has 1 aromatic carbocycles. The van der Waals surface area contributed by atoms with Crippen LogP contribution in [0.1, 0.15) is 18.1 Å². The normalized spacial score (nSPS) is 13.8. The molecule has 0 N–H and O–H groups in total. The lowest BCUT2D eigenvalue weighted by Crippen LogP contribution is -2.13. The maximum atomic E-state index is 13.7. The molecular formula is C12H13ClFIN2O2S. The molecule has 1 aromatic heterocycles. The highest BCUT2D eigenvalue weighted by molar-refractivity contribution is 14.1. The van der Waals surface area contributed by atoms with E-state index in [1.54, 1.807) is 17.6 Å². The maximum Gasteiger partial charge on any atom is 0.149 e. The van der Waals surface area contributed by atoms with Crippen molar-refractivity contribution in [3.8, 4) is 0 Å². The molecule has 2 rings (SSSR count). The van der Waals surface area contributed by atoms with Gasteiger partial charge in [-0.1, -0.05) is 0 Å². The molecule has 0 bridgehead atoms. The Labute approximate surface area is 135 Å². The molecule has 1 atom stereocenters. The molecule has 110 valence electrons. The second kappa shape index (κ2) is 5.76. The average Bonchev–Trinajstić information content (AvgIpc) is 2.64. The topological polar surface area (TPSA) is 52.0 Å². The van der Waals surface area contributed by atoms with Crippen molar-refractivity contribution in [2.24, 2.45) is 0 Å².